The Morgan fingerprint density at radius 3 is 2.50 bits per heavy atom. The highest BCUT2D eigenvalue weighted by molar-refractivity contribution is 5.81. The Kier molecular flexibility index (Phi) is 4.57. The van der Waals surface area contributed by atoms with E-state index in [4.69, 9.17) is 5.73 Å². The molecule has 0 amide bonds. The van der Waals surface area contributed by atoms with Crippen LogP contribution in [0.1, 0.15) is 32.8 Å². The minimum atomic E-state index is -0.949. The van der Waals surface area contributed by atoms with E-state index in [9.17, 15) is 13.6 Å². The normalized spacial score (nSPS) is 13.4. The van der Waals surface area contributed by atoms with Crippen LogP contribution >= 0.6 is 0 Å². The molecule has 1 atom stereocenters. The molecule has 0 bridgehead atoms. The number of carbonyl (C=O) groups excluding carboxylic acids is 1. The summed E-state index contributed by atoms with van der Waals surface area (Å²) >= 11 is 0. The van der Waals surface area contributed by atoms with Gasteiger partial charge < -0.3 is 5.73 Å². The van der Waals surface area contributed by atoms with Gasteiger partial charge >= 0.3 is 0 Å². The van der Waals surface area contributed by atoms with Crippen molar-refractivity contribution >= 4 is 5.78 Å². The van der Waals surface area contributed by atoms with E-state index in [1.807, 2.05) is 20.8 Å². The first-order chi connectivity index (χ1) is 8.21. The number of carbonyl (C=O) groups is 1. The third kappa shape index (κ3) is 3.88. The maximum atomic E-state index is 13.4. The zero-order valence-electron chi connectivity index (χ0n) is 11.0. The van der Waals surface area contributed by atoms with E-state index in [0.29, 0.717) is 0 Å². The monoisotopic (exact) mass is 255 g/mol. The predicted octanol–water partition coefficient (Wildman–Crippen LogP) is 2.84. The van der Waals surface area contributed by atoms with Gasteiger partial charge in [0.15, 0.2) is 11.6 Å². The molecule has 100 valence electrons. The SMILES string of the molecule is CC(C)(C)C(N)CC(=O)Cc1cccc(F)c1F. The summed E-state index contributed by atoms with van der Waals surface area (Å²) in [6.45, 7) is 5.81. The van der Waals surface area contributed by atoms with Gasteiger partial charge in [-0.05, 0) is 17.0 Å². The van der Waals surface area contributed by atoms with E-state index in [0.717, 1.165) is 6.07 Å². The Hall–Kier alpha value is -1.29. The van der Waals surface area contributed by atoms with Crippen LogP contribution in [0.5, 0.6) is 0 Å². The lowest BCUT2D eigenvalue weighted by Gasteiger charge is -2.26. The van der Waals surface area contributed by atoms with Gasteiger partial charge in [-0.15, -0.1) is 0 Å². The van der Waals surface area contributed by atoms with E-state index in [-0.39, 0.29) is 35.6 Å². The number of halogens is 2. The van der Waals surface area contributed by atoms with Crippen molar-refractivity contribution in [3.05, 3.63) is 35.4 Å². The van der Waals surface area contributed by atoms with Crippen LogP contribution in [-0.4, -0.2) is 11.8 Å². The molecule has 0 saturated heterocycles. The fourth-order valence-electron chi connectivity index (χ4n) is 1.52. The summed E-state index contributed by atoms with van der Waals surface area (Å²) in [5.74, 6) is -2.06. The maximum absolute atomic E-state index is 13.4. The molecule has 18 heavy (non-hydrogen) atoms. The van der Waals surface area contributed by atoms with Crippen molar-refractivity contribution in [2.75, 3.05) is 0 Å². The van der Waals surface area contributed by atoms with Gasteiger partial charge in [-0.1, -0.05) is 32.9 Å². The Morgan fingerprint density at radius 2 is 1.94 bits per heavy atom. The van der Waals surface area contributed by atoms with Crippen LogP contribution in [0.25, 0.3) is 0 Å². The number of hydrogen-bond donors (Lipinski definition) is 1. The van der Waals surface area contributed by atoms with Gasteiger partial charge in [-0.25, -0.2) is 8.78 Å². The molecular formula is C14H19F2NO. The number of ketones is 1. The van der Waals surface area contributed by atoms with Crippen molar-refractivity contribution in [2.45, 2.75) is 39.7 Å². The zero-order valence-corrected chi connectivity index (χ0v) is 11.0. The highest BCUT2D eigenvalue weighted by atomic mass is 19.2. The molecule has 0 heterocycles. The lowest BCUT2D eigenvalue weighted by atomic mass is 9.84. The number of benzene rings is 1. The summed E-state index contributed by atoms with van der Waals surface area (Å²) in [7, 11) is 0. The summed E-state index contributed by atoms with van der Waals surface area (Å²) in [5, 5.41) is 0. The summed E-state index contributed by atoms with van der Waals surface area (Å²) in [6.07, 6.45) is 0.0484. The van der Waals surface area contributed by atoms with Crippen molar-refractivity contribution in [1.29, 1.82) is 0 Å². The van der Waals surface area contributed by atoms with Gasteiger partial charge in [0, 0.05) is 18.9 Å². The molecule has 0 saturated carbocycles. The van der Waals surface area contributed by atoms with Gasteiger partial charge in [-0.2, -0.15) is 0 Å². The minimum Gasteiger partial charge on any atom is -0.327 e. The Bertz CT molecular complexity index is 438. The molecule has 1 rings (SSSR count). The molecule has 0 radical (unpaired) electrons. The average Bonchev–Trinajstić information content (AvgIpc) is 2.23. The first kappa shape index (κ1) is 14.8. The summed E-state index contributed by atoms with van der Waals surface area (Å²) in [6, 6.07) is 3.55. The quantitative estimate of drug-likeness (QED) is 0.899. The molecule has 2 N–H and O–H groups in total. The fourth-order valence-corrected chi connectivity index (χ4v) is 1.52. The van der Waals surface area contributed by atoms with Crippen molar-refractivity contribution in [1.82, 2.24) is 0 Å². The van der Waals surface area contributed by atoms with Gasteiger partial charge in [0.25, 0.3) is 0 Å². The summed E-state index contributed by atoms with van der Waals surface area (Å²) in [4.78, 5) is 11.8. The van der Waals surface area contributed by atoms with E-state index in [2.05, 4.69) is 0 Å². The first-order valence-corrected chi connectivity index (χ1v) is 5.92. The molecule has 1 aromatic carbocycles. The number of Topliss-reactive ketones (excluding diaryl/α,β-unsaturated/α-hetero) is 1. The first-order valence-electron chi connectivity index (χ1n) is 5.92. The van der Waals surface area contributed by atoms with Gasteiger partial charge in [0.05, 0.1) is 0 Å². The van der Waals surface area contributed by atoms with E-state index >= 15 is 0 Å². The van der Waals surface area contributed by atoms with Crippen LogP contribution in [0.4, 0.5) is 8.78 Å². The van der Waals surface area contributed by atoms with Crippen molar-refractivity contribution in [2.24, 2.45) is 11.1 Å². The fraction of sp³-hybridized carbons (Fsp3) is 0.500. The van der Waals surface area contributed by atoms with Crippen LogP contribution in [-0.2, 0) is 11.2 Å². The second-order valence-corrected chi connectivity index (χ2v) is 5.61. The Morgan fingerprint density at radius 1 is 1.33 bits per heavy atom. The van der Waals surface area contributed by atoms with E-state index in [1.54, 1.807) is 0 Å². The summed E-state index contributed by atoms with van der Waals surface area (Å²) in [5.41, 5.74) is 5.78. The predicted molar refractivity (Wildman–Crippen MR) is 67.1 cm³/mol. The maximum Gasteiger partial charge on any atom is 0.162 e. The molecule has 1 unspecified atom stereocenters. The zero-order chi connectivity index (χ0) is 13.9. The second-order valence-electron chi connectivity index (χ2n) is 5.61. The van der Waals surface area contributed by atoms with Crippen LogP contribution in [0.2, 0.25) is 0 Å². The average molecular weight is 255 g/mol. The summed E-state index contributed by atoms with van der Waals surface area (Å²) < 4.78 is 26.3. The molecule has 0 aliphatic rings. The molecule has 0 fully saturated rings. The minimum absolute atomic E-state index is 0.0844. The molecule has 4 heteroatoms. The van der Waals surface area contributed by atoms with Crippen molar-refractivity contribution in [3.63, 3.8) is 0 Å². The topological polar surface area (TPSA) is 43.1 Å². The standard InChI is InChI=1S/C14H19F2NO/c1-14(2,3)12(17)8-10(18)7-9-5-4-6-11(15)13(9)16/h4-6,12H,7-8,17H2,1-3H3. The van der Waals surface area contributed by atoms with Crippen LogP contribution in [0, 0.1) is 17.0 Å². The molecular weight excluding hydrogens is 236 g/mol. The highest BCUT2D eigenvalue weighted by Crippen LogP contribution is 2.21. The van der Waals surface area contributed by atoms with Crippen molar-refractivity contribution < 1.29 is 13.6 Å². The number of nitrogens with two attached hydrogens (primary N) is 1. The van der Waals surface area contributed by atoms with Crippen LogP contribution in [0.15, 0.2) is 18.2 Å². The van der Waals surface area contributed by atoms with Crippen LogP contribution in [0.3, 0.4) is 0 Å². The molecule has 0 aliphatic heterocycles. The molecule has 0 aliphatic carbocycles. The Labute approximate surface area is 106 Å². The van der Waals surface area contributed by atoms with Gasteiger partial charge in [-0.3, -0.25) is 4.79 Å². The van der Waals surface area contributed by atoms with Crippen molar-refractivity contribution in [3.8, 4) is 0 Å². The molecule has 1 aromatic rings. The second kappa shape index (κ2) is 5.57. The molecule has 0 spiro atoms. The van der Waals surface area contributed by atoms with Gasteiger partial charge in [0.1, 0.15) is 5.78 Å². The smallest absolute Gasteiger partial charge is 0.162 e. The number of rotatable bonds is 4. The van der Waals surface area contributed by atoms with E-state index in [1.165, 1.54) is 12.1 Å². The molecule has 2 nitrogen and oxygen atoms in total. The highest BCUT2D eigenvalue weighted by Gasteiger charge is 2.23. The molecule has 0 aromatic heterocycles. The van der Waals surface area contributed by atoms with E-state index < -0.39 is 11.6 Å². The Balaban J connectivity index is 2.69. The third-order valence-electron chi connectivity index (χ3n) is 2.98. The third-order valence-corrected chi connectivity index (χ3v) is 2.98. The lowest BCUT2D eigenvalue weighted by Crippen LogP contribution is -2.37. The van der Waals surface area contributed by atoms with Crippen LogP contribution < -0.4 is 5.73 Å². The van der Waals surface area contributed by atoms with Gasteiger partial charge in [0.2, 0.25) is 0 Å². The lowest BCUT2D eigenvalue weighted by molar-refractivity contribution is -0.119. The number of hydrogen-bond acceptors (Lipinski definition) is 2. The largest absolute Gasteiger partial charge is 0.327 e.